The van der Waals surface area contributed by atoms with Gasteiger partial charge in [-0.05, 0) is 42.3 Å². The fraction of sp³-hybridized carbons (Fsp3) is 0.357. The summed E-state index contributed by atoms with van der Waals surface area (Å²) in [7, 11) is 0. The SMILES string of the molecule is CC(Sc1n[nH]c(C2CC2)n1)c1nnnn1-c1ccccc1. The Bertz CT molecular complexity index is 762. The van der Waals surface area contributed by atoms with E-state index < -0.39 is 0 Å². The number of benzene rings is 1. The fourth-order valence-corrected chi connectivity index (χ4v) is 3.08. The number of para-hydroxylation sites is 1. The van der Waals surface area contributed by atoms with Crippen LogP contribution in [0.5, 0.6) is 0 Å². The molecule has 1 aromatic carbocycles. The van der Waals surface area contributed by atoms with Crippen LogP contribution in [-0.2, 0) is 0 Å². The minimum atomic E-state index is 0.0538. The fourth-order valence-electron chi connectivity index (χ4n) is 2.26. The number of rotatable bonds is 5. The van der Waals surface area contributed by atoms with Crippen LogP contribution in [0.15, 0.2) is 35.5 Å². The van der Waals surface area contributed by atoms with E-state index in [2.05, 4.69) is 37.6 Å². The Hall–Kier alpha value is -2.22. The smallest absolute Gasteiger partial charge is 0.209 e. The van der Waals surface area contributed by atoms with Gasteiger partial charge in [-0.2, -0.15) is 4.68 Å². The number of H-pyrrole nitrogens is 1. The first kappa shape index (κ1) is 13.4. The lowest BCUT2D eigenvalue weighted by Gasteiger charge is -2.09. The highest BCUT2D eigenvalue weighted by Gasteiger charge is 2.28. The van der Waals surface area contributed by atoms with Crippen molar-refractivity contribution in [3.63, 3.8) is 0 Å². The molecule has 1 aliphatic rings. The molecule has 0 saturated heterocycles. The average Bonchev–Trinajstić information content (AvgIpc) is 3.10. The molecule has 1 aliphatic carbocycles. The molecule has 1 saturated carbocycles. The third kappa shape index (κ3) is 2.61. The van der Waals surface area contributed by atoms with Crippen LogP contribution in [0, 0.1) is 0 Å². The first-order chi connectivity index (χ1) is 10.8. The van der Waals surface area contributed by atoms with Crippen LogP contribution in [0.2, 0.25) is 0 Å². The number of aromatic amines is 1. The van der Waals surface area contributed by atoms with Gasteiger partial charge in [-0.15, -0.1) is 10.2 Å². The van der Waals surface area contributed by atoms with Gasteiger partial charge in [0.15, 0.2) is 5.82 Å². The van der Waals surface area contributed by atoms with Gasteiger partial charge >= 0.3 is 0 Å². The standard InChI is InChI=1S/C14H15N7S/c1-9(22-14-15-12(16-18-14)10-7-8-10)13-17-19-20-21(13)11-5-3-2-4-6-11/h2-6,9-10H,7-8H2,1H3,(H,15,16,18). The topological polar surface area (TPSA) is 85.2 Å². The van der Waals surface area contributed by atoms with Gasteiger partial charge in [-0.3, -0.25) is 5.10 Å². The minimum Gasteiger partial charge on any atom is -0.262 e. The Morgan fingerprint density at radius 2 is 2.09 bits per heavy atom. The summed E-state index contributed by atoms with van der Waals surface area (Å²) in [5, 5.41) is 20.2. The van der Waals surface area contributed by atoms with Crippen LogP contribution in [-0.4, -0.2) is 35.4 Å². The van der Waals surface area contributed by atoms with Gasteiger partial charge in [-0.25, -0.2) is 4.98 Å². The minimum absolute atomic E-state index is 0.0538. The second-order valence-electron chi connectivity index (χ2n) is 5.32. The van der Waals surface area contributed by atoms with Crippen molar-refractivity contribution < 1.29 is 0 Å². The maximum absolute atomic E-state index is 4.54. The third-order valence-electron chi connectivity index (χ3n) is 3.59. The van der Waals surface area contributed by atoms with Crippen LogP contribution in [0.3, 0.4) is 0 Å². The van der Waals surface area contributed by atoms with Crippen LogP contribution >= 0.6 is 11.8 Å². The second-order valence-corrected chi connectivity index (χ2v) is 6.63. The van der Waals surface area contributed by atoms with Crippen molar-refractivity contribution in [1.82, 2.24) is 35.4 Å². The molecule has 2 aromatic heterocycles. The molecular weight excluding hydrogens is 298 g/mol. The first-order valence-corrected chi connectivity index (χ1v) is 8.12. The number of nitrogens with one attached hydrogen (secondary N) is 1. The molecule has 1 N–H and O–H groups in total. The molecule has 1 atom stereocenters. The zero-order chi connectivity index (χ0) is 14.9. The Labute approximate surface area is 131 Å². The molecule has 0 spiro atoms. The quantitative estimate of drug-likeness (QED) is 0.728. The van der Waals surface area contributed by atoms with Crippen LogP contribution < -0.4 is 0 Å². The number of nitrogens with zero attached hydrogens (tertiary/aromatic N) is 6. The average molecular weight is 313 g/mol. The van der Waals surface area contributed by atoms with Crippen LogP contribution in [0.25, 0.3) is 5.69 Å². The Morgan fingerprint density at radius 3 is 2.86 bits per heavy atom. The van der Waals surface area contributed by atoms with Gasteiger partial charge in [0.1, 0.15) is 5.82 Å². The van der Waals surface area contributed by atoms with E-state index in [1.807, 2.05) is 30.3 Å². The highest BCUT2D eigenvalue weighted by molar-refractivity contribution is 7.99. The van der Waals surface area contributed by atoms with E-state index in [0.717, 1.165) is 22.5 Å². The number of hydrogen-bond donors (Lipinski definition) is 1. The molecule has 2 heterocycles. The van der Waals surface area contributed by atoms with Crippen molar-refractivity contribution in [2.24, 2.45) is 0 Å². The van der Waals surface area contributed by atoms with Crippen molar-refractivity contribution in [3.8, 4) is 5.69 Å². The molecule has 1 fully saturated rings. The van der Waals surface area contributed by atoms with Crippen molar-refractivity contribution in [3.05, 3.63) is 42.0 Å². The van der Waals surface area contributed by atoms with Gasteiger partial charge < -0.3 is 0 Å². The van der Waals surface area contributed by atoms with Crippen molar-refractivity contribution >= 4 is 11.8 Å². The van der Waals surface area contributed by atoms with E-state index >= 15 is 0 Å². The van der Waals surface area contributed by atoms with Gasteiger partial charge in [0.2, 0.25) is 5.16 Å². The summed E-state index contributed by atoms with van der Waals surface area (Å²) in [6.45, 7) is 2.06. The number of tetrazole rings is 1. The third-order valence-corrected chi connectivity index (χ3v) is 4.54. The Kier molecular flexibility index (Phi) is 3.38. The zero-order valence-corrected chi connectivity index (χ0v) is 12.9. The maximum atomic E-state index is 4.54. The van der Waals surface area contributed by atoms with E-state index in [4.69, 9.17) is 0 Å². The van der Waals surface area contributed by atoms with Crippen molar-refractivity contribution in [1.29, 1.82) is 0 Å². The molecule has 3 aromatic rings. The Morgan fingerprint density at radius 1 is 1.27 bits per heavy atom. The van der Waals surface area contributed by atoms with Gasteiger partial charge in [0.25, 0.3) is 0 Å². The summed E-state index contributed by atoms with van der Waals surface area (Å²) >= 11 is 1.56. The van der Waals surface area contributed by atoms with E-state index in [9.17, 15) is 0 Å². The maximum Gasteiger partial charge on any atom is 0.209 e. The molecule has 112 valence electrons. The van der Waals surface area contributed by atoms with E-state index in [1.54, 1.807) is 16.4 Å². The molecule has 0 bridgehead atoms. The zero-order valence-electron chi connectivity index (χ0n) is 12.0. The van der Waals surface area contributed by atoms with Gasteiger partial charge in [0, 0.05) is 5.92 Å². The predicted octanol–water partition coefficient (Wildman–Crippen LogP) is 2.51. The van der Waals surface area contributed by atoms with Crippen LogP contribution in [0.4, 0.5) is 0 Å². The molecule has 0 aliphatic heterocycles. The number of thioether (sulfide) groups is 1. The summed E-state index contributed by atoms with van der Waals surface area (Å²) in [5.74, 6) is 2.36. The molecule has 0 amide bonds. The molecule has 4 rings (SSSR count). The van der Waals surface area contributed by atoms with Crippen molar-refractivity contribution in [2.45, 2.75) is 36.1 Å². The monoisotopic (exact) mass is 313 g/mol. The number of aromatic nitrogens is 7. The highest BCUT2D eigenvalue weighted by atomic mass is 32.2. The van der Waals surface area contributed by atoms with E-state index in [1.165, 1.54) is 12.8 Å². The van der Waals surface area contributed by atoms with Crippen molar-refractivity contribution in [2.75, 3.05) is 0 Å². The summed E-state index contributed by atoms with van der Waals surface area (Å²) < 4.78 is 1.76. The highest BCUT2D eigenvalue weighted by Crippen LogP contribution is 2.39. The molecule has 1 unspecified atom stereocenters. The van der Waals surface area contributed by atoms with E-state index in [-0.39, 0.29) is 5.25 Å². The Balaban J connectivity index is 1.55. The lowest BCUT2D eigenvalue weighted by Crippen LogP contribution is -2.05. The molecule has 22 heavy (non-hydrogen) atoms. The summed E-state index contributed by atoms with van der Waals surface area (Å²) in [4.78, 5) is 4.54. The largest absolute Gasteiger partial charge is 0.262 e. The lowest BCUT2D eigenvalue weighted by atomic mass is 10.3. The first-order valence-electron chi connectivity index (χ1n) is 7.24. The van der Waals surface area contributed by atoms with Gasteiger partial charge in [0.05, 0.1) is 10.9 Å². The lowest BCUT2D eigenvalue weighted by molar-refractivity contribution is 0.762. The predicted molar refractivity (Wildman–Crippen MR) is 81.8 cm³/mol. The summed E-state index contributed by atoms with van der Waals surface area (Å²) in [6.07, 6.45) is 2.42. The van der Waals surface area contributed by atoms with E-state index in [0.29, 0.717) is 5.92 Å². The summed E-state index contributed by atoms with van der Waals surface area (Å²) in [6, 6.07) is 9.87. The molecule has 7 nitrogen and oxygen atoms in total. The normalized spacial score (nSPS) is 15.9. The molecule has 0 radical (unpaired) electrons. The summed E-state index contributed by atoms with van der Waals surface area (Å²) in [5.41, 5.74) is 0.948. The van der Waals surface area contributed by atoms with Crippen LogP contribution in [0.1, 0.15) is 42.6 Å². The molecular formula is C14H15N7S. The van der Waals surface area contributed by atoms with Gasteiger partial charge in [-0.1, -0.05) is 30.0 Å². The second kappa shape index (κ2) is 5.53. The molecule has 8 heteroatoms. The number of hydrogen-bond acceptors (Lipinski definition) is 6.